The molecule has 0 spiro atoms. The summed E-state index contributed by atoms with van der Waals surface area (Å²) in [6, 6.07) is 11.5. The summed E-state index contributed by atoms with van der Waals surface area (Å²) in [6.07, 6.45) is 5.47. The summed E-state index contributed by atoms with van der Waals surface area (Å²) >= 11 is 0. The minimum Gasteiger partial charge on any atom is -0.454 e. The highest BCUT2D eigenvalue weighted by Gasteiger charge is 2.26. The van der Waals surface area contributed by atoms with Gasteiger partial charge in [0.05, 0.1) is 0 Å². The Morgan fingerprint density at radius 2 is 1.21 bits per heavy atom. The molecule has 5 nitrogen and oxygen atoms in total. The molecule has 28 heavy (non-hydrogen) atoms. The number of hydrogen-bond donors (Lipinski definition) is 0. The molecule has 0 N–H and O–H groups in total. The monoisotopic (exact) mass is 376 g/mol. The average molecular weight is 376 g/mol. The summed E-state index contributed by atoms with van der Waals surface area (Å²) in [5.74, 6) is 3.44. The van der Waals surface area contributed by atoms with Crippen molar-refractivity contribution in [1.29, 1.82) is 0 Å². The first-order valence-electron chi connectivity index (χ1n) is 9.41. The third-order valence-electron chi connectivity index (χ3n) is 5.20. The van der Waals surface area contributed by atoms with Gasteiger partial charge < -0.3 is 18.9 Å². The van der Waals surface area contributed by atoms with Gasteiger partial charge in [0.15, 0.2) is 28.8 Å². The zero-order valence-electron chi connectivity index (χ0n) is 15.6. The molecule has 2 aliphatic heterocycles. The molecule has 2 aromatic carbocycles. The molecule has 5 rings (SSSR count). The van der Waals surface area contributed by atoms with Crippen LogP contribution >= 0.6 is 0 Å². The number of ketones is 1. The zero-order valence-corrected chi connectivity index (χ0v) is 15.6. The van der Waals surface area contributed by atoms with Gasteiger partial charge in [0.2, 0.25) is 13.6 Å². The smallest absolute Gasteiger partial charge is 0.231 e. The van der Waals surface area contributed by atoms with Crippen molar-refractivity contribution in [2.45, 2.75) is 19.8 Å². The number of hydrogen-bond acceptors (Lipinski definition) is 5. The van der Waals surface area contributed by atoms with Gasteiger partial charge in [0.1, 0.15) is 0 Å². The highest BCUT2D eigenvalue weighted by molar-refractivity contribution is 6.14. The van der Waals surface area contributed by atoms with E-state index in [9.17, 15) is 4.79 Å². The molecular weight excluding hydrogens is 356 g/mol. The van der Waals surface area contributed by atoms with E-state index in [1.54, 1.807) is 0 Å². The van der Waals surface area contributed by atoms with Crippen LogP contribution < -0.4 is 18.9 Å². The zero-order chi connectivity index (χ0) is 19.1. The number of ether oxygens (including phenoxy) is 4. The predicted molar refractivity (Wildman–Crippen MR) is 104 cm³/mol. The SMILES string of the molecule is CC1C/C(=C\c2ccc3c(c2)OCO3)C(=O)/C(=C/c2ccc3c(c2)OCO3)C1. The molecule has 0 saturated heterocycles. The lowest BCUT2D eigenvalue weighted by molar-refractivity contribution is -0.113. The maximum atomic E-state index is 13.1. The summed E-state index contributed by atoms with van der Waals surface area (Å²) < 4.78 is 21.6. The van der Waals surface area contributed by atoms with Gasteiger partial charge in [0.25, 0.3) is 0 Å². The average Bonchev–Trinajstić information content (AvgIpc) is 3.33. The van der Waals surface area contributed by atoms with Crippen LogP contribution in [0.25, 0.3) is 12.2 Å². The Bertz CT molecular complexity index is 938. The Balaban J connectivity index is 1.45. The minimum absolute atomic E-state index is 0.105. The van der Waals surface area contributed by atoms with Crippen molar-refractivity contribution in [3.8, 4) is 23.0 Å². The van der Waals surface area contributed by atoms with Crippen molar-refractivity contribution < 1.29 is 23.7 Å². The number of allylic oxidation sites excluding steroid dienone is 2. The van der Waals surface area contributed by atoms with Gasteiger partial charge in [-0.15, -0.1) is 0 Å². The highest BCUT2D eigenvalue weighted by atomic mass is 16.7. The first-order chi connectivity index (χ1) is 13.7. The van der Waals surface area contributed by atoms with Gasteiger partial charge in [-0.3, -0.25) is 4.79 Å². The molecule has 1 aliphatic carbocycles. The van der Waals surface area contributed by atoms with Gasteiger partial charge >= 0.3 is 0 Å². The first-order valence-corrected chi connectivity index (χ1v) is 9.41. The number of Topliss-reactive ketones (excluding diaryl/α,β-unsaturated/α-hetero) is 1. The quantitative estimate of drug-likeness (QED) is 0.717. The van der Waals surface area contributed by atoms with E-state index >= 15 is 0 Å². The summed E-state index contributed by atoms with van der Waals surface area (Å²) in [4.78, 5) is 13.1. The van der Waals surface area contributed by atoms with Crippen molar-refractivity contribution in [3.05, 3.63) is 58.7 Å². The van der Waals surface area contributed by atoms with Crippen LogP contribution in [0.5, 0.6) is 23.0 Å². The standard InChI is InChI=1S/C23H20O5/c1-14-6-17(8-15-2-4-19-21(10-15)27-12-25-19)23(24)18(7-14)9-16-3-5-20-22(11-16)28-13-26-20/h2-5,8-11,14H,6-7,12-13H2,1H3/b17-8+,18-9+. The Kier molecular flexibility index (Phi) is 4.08. The van der Waals surface area contributed by atoms with Crippen molar-refractivity contribution in [2.75, 3.05) is 13.6 Å². The number of carbonyl (C=O) groups excluding carboxylic acids is 1. The molecule has 0 aromatic heterocycles. The van der Waals surface area contributed by atoms with Gasteiger partial charge in [-0.05, 0) is 66.3 Å². The fraction of sp³-hybridized carbons (Fsp3) is 0.261. The molecule has 2 heterocycles. The van der Waals surface area contributed by atoms with Crippen molar-refractivity contribution in [1.82, 2.24) is 0 Å². The van der Waals surface area contributed by atoms with Gasteiger partial charge in [-0.25, -0.2) is 0 Å². The van der Waals surface area contributed by atoms with E-state index in [0.717, 1.165) is 58.1 Å². The lowest BCUT2D eigenvalue weighted by Gasteiger charge is -2.22. The molecule has 5 heteroatoms. The van der Waals surface area contributed by atoms with E-state index in [1.807, 2.05) is 48.6 Å². The van der Waals surface area contributed by atoms with Crippen LogP contribution in [0.2, 0.25) is 0 Å². The van der Waals surface area contributed by atoms with E-state index in [1.165, 1.54) is 0 Å². The summed E-state index contributed by atoms with van der Waals surface area (Å²) in [5, 5.41) is 0. The molecule has 0 amide bonds. The molecule has 0 bridgehead atoms. The van der Waals surface area contributed by atoms with Gasteiger partial charge in [-0.2, -0.15) is 0 Å². The lowest BCUT2D eigenvalue weighted by atomic mass is 9.81. The van der Waals surface area contributed by atoms with Gasteiger partial charge in [-0.1, -0.05) is 19.1 Å². The van der Waals surface area contributed by atoms with Crippen molar-refractivity contribution in [2.24, 2.45) is 5.92 Å². The fourth-order valence-corrected chi connectivity index (χ4v) is 3.87. The van der Waals surface area contributed by atoms with Crippen LogP contribution in [-0.2, 0) is 4.79 Å². The summed E-state index contributed by atoms with van der Waals surface area (Å²) in [6.45, 7) is 2.66. The lowest BCUT2D eigenvalue weighted by Crippen LogP contribution is -2.18. The van der Waals surface area contributed by atoms with Crippen LogP contribution in [0.3, 0.4) is 0 Å². The summed E-state index contributed by atoms with van der Waals surface area (Å²) in [5.41, 5.74) is 3.54. The molecule has 142 valence electrons. The van der Waals surface area contributed by atoms with E-state index in [4.69, 9.17) is 18.9 Å². The second kappa shape index (κ2) is 6.75. The third kappa shape index (κ3) is 3.13. The normalized spacial score (nSPS) is 22.9. The second-order valence-corrected chi connectivity index (χ2v) is 7.41. The topological polar surface area (TPSA) is 54.0 Å². The maximum absolute atomic E-state index is 13.1. The summed E-state index contributed by atoms with van der Waals surface area (Å²) in [7, 11) is 0. The van der Waals surface area contributed by atoms with E-state index < -0.39 is 0 Å². The Morgan fingerprint density at radius 3 is 1.71 bits per heavy atom. The van der Waals surface area contributed by atoms with Crippen molar-refractivity contribution >= 4 is 17.9 Å². The fourth-order valence-electron chi connectivity index (χ4n) is 3.87. The minimum atomic E-state index is 0.105. The van der Waals surface area contributed by atoms with Crippen LogP contribution in [0.4, 0.5) is 0 Å². The van der Waals surface area contributed by atoms with Crippen LogP contribution in [0.15, 0.2) is 47.5 Å². The molecule has 1 saturated carbocycles. The van der Waals surface area contributed by atoms with Crippen LogP contribution in [-0.4, -0.2) is 19.4 Å². The molecule has 0 unspecified atom stereocenters. The number of benzene rings is 2. The van der Waals surface area contributed by atoms with Crippen LogP contribution in [0, 0.1) is 5.92 Å². The molecule has 3 aliphatic rings. The van der Waals surface area contributed by atoms with E-state index in [2.05, 4.69) is 6.92 Å². The predicted octanol–water partition coefficient (Wildman–Crippen LogP) is 4.61. The molecule has 2 aromatic rings. The Hall–Kier alpha value is -3.21. The van der Waals surface area contributed by atoms with E-state index in [0.29, 0.717) is 5.92 Å². The second-order valence-electron chi connectivity index (χ2n) is 7.41. The highest BCUT2D eigenvalue weighted by Crippen LogP contribution is 2.37. The van der Waals surface area contributed by atoms with Crippen LogP contribution in [0.1, 0.15) is 30.9 Å². The van der Waals surface area contributed by atoms with E-state index in [-0.39, 0.29) is 19.4 Å². The number of rotatable bonds is 2. The number of fused-ring (bicyclic) bond motifs is 2. The molecule has 1 fully saturated rings. The third-order valence-corrected chi connectivity index (χ3v) is 5.20. The molecular formula is C23H20O5. The van der Waals surface area contributed by atoms with Crippen molar-refractivity contribution in [3.63, 3.8) is 0 Å². The largest absolute Gasteiger partial charge is 0.454 e. The number of carbonyl (C=O) groups is 1. The Morgan fingerprint density at radius 1 is 0.750 bits per heavy atom. The maximum Gasteiger partial charge on any atom is 0.231 e. The van der Waals surface area contributed by atoms with Gasteiger partial charge in [0, 0.05) is 11.1 Å². The first kappa shape index (κ1) is 16.9. The molecule has 0 radical (unpaired) electrons. The Labute approximate surface area is 163 Å². The molecule has 0 atom stereocenters.